The predicted molar refractivity (Wildman–Crippen MR) is 168 cm³/mol. The van der Waals surface area contributed by atoms with Crippen LogP contribution in [0.1, 0.15) is 83.8 Å². The molecule has 2 atom stereocenters. The number of amides is 4. The Morgan fingerprint density at radius 3 is 2.18 bits per heavy atom. The Balaban J connectivity index is 1.24. The number of hydrogen-bond acceptors (Lipinski definition) is 6. The molecule has 1 heterocycles. The summed E-state index contributed by atoms with van der Waals surface area (Å²) >= 11 is 0. The fourth-order valence-electron chi connectivity index (χ4n) is 5.81. The molecular formula is C34H46N4O6. The van der Waals surface area contributed by atoms with Crippen molar-refractivity contribution in [3.63, 3.8) is 0 Å². The van der Waals surface area contributed by atoms with Gasteiger partial charge in [-0.1, -0.05) is 48.5 Å². The average Bonchev–Trinajstić information content (AvgIpc) is 3.58. The van der Waals surface area contributed by atoms with Crippen LogP contribution >= 0.6 is 0 Å². The first-order valence-electron chi connectivity index (χ1n) is 15.6. The average molecular weight is 607 g/mol. The lowest BCUT2D eigenvalue weighted by atomic mass is 9.98. The van der Waals surface area contributed by atoms with Crippen molar-refractivity contribution in [1.29, 1.82) is 0 Å². The zero-order valence-corrected chi connectivity index (χ0v) is 26.5. The largest absolute Gasteiger partial charge is 0.449 e. The van der Waals surface area contributed by atoms with E-state index in [1.807, 2.05) is 38.1 Å². The van der Waals surface area contributed by atoms with Gasteiger partial charge in [-0.3, -0.25) is 14.5 Å². The summed E-state index contributed by atoms with van der Waals surface area (Å²) in [5.74, 6) is -0.656. The Bertz CT molecular complexity index is 1290. The first-order chi connectivity index (χ1) is 20.9. The molecule has 0 spiro atoms. The van der Waals surface area contributed by atoms with E-state index in [0.717, 1.165) is 11.1 Å². The van der Waals surface area contributed by atoms with E-state index >= 15 is 0 Å². The van der Waals surface area contributed by atoms with E-state index in [-0.39, 0.29) is 30.4 Å². The summed E-state index contributed by atoms with van der Waals surface area (Å²) in [6.45, 7) is 10.1. The van der Waals surface area contributed by atoms with E-state index in [2.05, 4.69) is 40.2 Å². The highest BCUT2D eigenvalue weighted by Gasteiger charge is 2.38. The summed E-state index contributed by atoms with van der Waals surface area (Å²) in [4.78, 5) is 52.8. The van der Waals surface area contributed by atoms with Crippen LogP contribution in [0.3, 0.4) is 0 Å². The summed E-state index contributed by atoms with van der Waals surface area (Å²) in [5.41, 5.74) is 3.98. The smallest absolute Gasteiger partial charge is 0.410 e. The number of carbonyl (C=O) groups is 4. The predicted octanol–water partition coefficient (Wildman–Crippen LogP) is 5.10. The third kappa shape index (κ3) is 8.51. The normalized spacial score (nSPS) is 16.6. The van der Waals surface area contributed by atoms with E-state index in [1.54, 1.807) is 20.8 Å². The van der Waals surface area contributed by atoms with Crippen LogP contribution in [-0.4, -0.2) is 72.3 Å². The van der Waals surface area contributed by atoms with Gasteiger partial charge in [0.25, 0.3) is 0 Å². The molecule has 2 aliphatic rings. The number of carbonyl (C=O) groups excluding carboxylic acids is 4. The van der Waals surface area contributed by atoms with Crippen LogP contribution in [0.4, 0.5) is 9.59 Å². The fraction of sp³-hybridized carbons (Fsp3) is 0.529. The zero-order valence-electron chi connectivity index (χ0n) is 26.5. The van der Waals surface area contributed by atoms with Gasteiger partial charge in [-0.25, -0.2) is 9.59 Å². The number of nitrogens with one attached hydrogen (secondary N) is 3. The van der Waals surface area contributed by atoms with Gasteiger partial charge in [0.2, 0.25) is 11.8 Å². The van der Waals surface area contributed by atoms with Crippen LogP contribution < -0.4 is 16.0 Å². The van der Waals surface area contributed by atoms with Crippen LogP contribution in [0.15, 0.2) is 48.5 Å². The molecule has 4 rings (SSSR count). The van der Waals surface area contributed by atoms with Crippen molar-refractivity contribution >= 4 is 24.0 Å². The molecule has 44 heavy (non-hydrogen) atoms. The van der Waals surface area contributed by atoms with E-state index in [9.17, 15) is 19.2 Å². The maximum Gasteiger partial charge on any atom is 0.410 e. The van der Waals surface area contributed by atoms with E-state index in [4.69, 9.17) is 9.47 Å². The summed E-state index contributed by atoms with van der Waals surface area (Å²) in [6, 6.07) is 14.8. The lowest BCUT2D eigenvalue weighted by molar-refractivity contribution is -0.131. The highest BCUT2D eigenvalue weighted by Crippen LogP contribution is 2.44. The summed E-state index contributed by atoms with van der Waals surface area (Å²) < 4.78 is 11.1. The Morgan fingerprint density at radius 2 is 1.57 bits per heavy atom. The monoisotopic (exact) mass is 606 g/mol. The second-order valence-corrected chi connectivity index (χ2v) is 12.8. The third-order valence-corrected chi connectivity index (χ3v) is 7.78. The maximum atomic E-state index is 13.2. The minimum Gasteiger partial charge on any atom is -0.449 e. The number of alkyl carbamates (subject to hydrolysis) is 1. The van der Waals surface area contributed by atoms with Gasteiger partial charge in [0.05, 0.1) is 0 Å². The van der Waals surface area contributed by atoms with Crippen LogP contribution in [0.5, 0.6) is 0 Å². The second kappa shape index (κ2) is 14.6. The number of benzene rings is 2. The highest BCUT2D eigenvalue weighted by molar-refractivity contribution is 5.91. The van der Waals surface area contributed by atoms with Crippen molar-refractivity contribution in [2.45, 2.75) is 96.4 Å². The SMILES string of the molecule is CC(C)NC(=O)[C@H](CCCCNC(=O)OCC1c2ccccc2-c2ccccc21)NC(=O)[C@@H]1CCCN1C(=O)OC(C)(C)C. The molecule has 0 radical (unpaired) electrons. The van der Waals surface area contributed by atoms with Gasteiger partial charge in [0.15, 0.2) is 0 Å². The van der Waals surface area contributed by atoms with E-state index < -0.39 is 29.9 Å². The Labute approximate surface area is 260 Å². The lowest BCUT2D eigenvalue weighted by Gasteiger charge is -2.29. The van der Waals surface area contributed by atoms with Gasteiger partial charge >= 0.3 is 12.2 Å². The Morgan fingerprint density at radius 1 is 0.932 bits per heavy atom. The molecule has 10 heteroatoms. The molecular weight excluding hydrogens is 560 g/mol. The van der Waals surface area contributed by atoms with Crippen molar-refractivity contribution in [2.75, 3.05) is 19.7 Å². The van der Waals surface area contributed by atoms with Crippen molar-refractivity contribution in [3.8, 4) is 11.1 Å². The number of fused-ring (bicyclic) bond motifs is 3. The van der Waals surface area contributed by atoms with Gasteiger partial charge in [-0.15, -0.1) is 0 Å². The van der Waals surface area contributed by atoms with Crippen molar-refractivity contribution in [3.05, 3.63) is 59.7 Å². The molecule has 2 aromatic carbocycles. The Kier molecular flexibility index (Phi) is 10.9. The second-order valence-electron chi connectivity index (χ2n) is 12.8. The first-order valence-corrected chi connectivity index (χ1v) is 15.6. The molecule has 3 N–H and O–H groups in total. The van der Waals surface area contributed by atoms with Gasteiger partial charge in [-0.05, 0) is 89.0 Å². The van der Waals surface area contributed by atoms with Crippen LogP contribution in [0, 0.1) is 0 Å². The number of rotatable bonds is 11. The lowest BCUT2D eigenvalue weighted by Crippen LogP contribution is -2.54. The quantitative estimate of drug-likeness (QED) is 0.306. The molecule has 1 saturated heterocycles. The van der Waals surface area contributed by atoms with Crippen molar-refractivity contribution in [1.82, 2.24) is 20.9 Å². The number of likely N-dealkylation sites (tertiary alicyclic amines) is 1. The summed E-state index contributed by atoms with van der Waals surface area (Å²) in [5, 5.41) is 8.54. The van der Waals surface area contributed by atoms with Gasteiger partial charge in [0, 0.05) is 25.0 Å². The minimum atomic E-state index is -0.763. The summed E-state index contributed by atoms with van der Waals surface area (Å²) in [7, 11) is 0. The molecule has 2 aromatic rings. The third-order valence-electron chi connectivity index (χ3n) is 7.78. The molecule has 1 aliphatic carbocycles. The first kappa shape index (κ1) is 32.8. The van der Waals surface area contributed by atoms with E-state index in [1.165, 1.54) is 16.0 Å². The molecule has 10 nitrogen and oxygen atoms in total. The topological polar surface area (TPSA) is 126 Å². The number of ether oxygens (including phenoxy) is 2. The van der Waals surface area contributed by atoms with Crippen molar-refractivity contribution < 1.29 is 28.7 Å². The number of unbranched alkanes of at least 4 members (excludes halogenated alkanes) is 1. The number of hydrogen-bond donors (Lipinski definition) is 3. The van der Waals surface area contributed by atoms with Crippen LogP contribution in [0.25, 0.3) is 11.1 Å². The molecule has 1 aliphatic heterocycles. The zero-order chi connectivity index (χ0) is 31.9. The highest BCUT2D eigenvalue weighted by atomic mass is 16.6. The fourth-order valence-corrected chi connectivity index (χ4v) is 5.81. The number of nitrogens with zero attached hydrogens (tertiary/aromatic N) is 1. The molecule has 238 valence electrons. The maximum absolute atomic E-state index is 13.2. The van der Waals surface area contributed by atoms with Crippen LogP contribution in [0.2, 0.25) is 0 Å². The Hall–Kier alpha value is -4.08. The van der Waals surface area contributed by atoms with Gasteiger partial charge in [0.1, 0.15) is 24.3 Å². The standard InChI is InChI=1S/C34H46N4O6/c1-22(2)36-30(39)28(37-31(40)29-18-12-20-38(29)33(42)44-34(3,4)5)17-10-11-19-35-32(41)43-21-27-25-15-8-6-13-23(25)24-14-7-9-16-26(24)27/h6-9,13-16,22,27-29H,10-12,17-21H2,1-5H3,(H,35,41)(H,36,39)(H,37,40)/t28-,29-/m0/s1. The molecule has 0 bridgehead atoms. The molecule has 1 fully saturated rings. The molecule has 0 aromatic heterocycles. The van der Waals surface area contributed by atoms with Crippen molar-refractivity contribution in [2.24, 2.45) is 0 Å². The molecule has 4 amide bonds. The molecule has 0 saturated carbocycles. The molecule has 0 unspecified atom stereocenters. The van der Waals surface area contributed by atoms with Gasteiger partial charge < -0.3 is 25.4 Å². The minimum absolute atomic E-state index is 0.0110. The van der Waals surface area contributed by atoms with E-state index in [0.29, 0.717) is 45.2 Å². The summed E-state index contributed by atoms with van der Waals surface area (Å²) in [6.07, 6.45) is 1.74. The van der Waals surface area contributed by atoms with Gasteiger partial charge in [-0.2, -0.15) is 0 Å². The van der Waals surface area contributed by atoms with Crippen LogP contribution in [-0.2, 0) is 19.1 Å².